The number of imide groups is 1. The van der Waals surface area contributed by atoms with Gasteiger partial charge in [0.2, 0.25) is 0 Å². The summed E-state index contributed by atoms with van der Waals surface area (Å²) in [6, 6.07) is 12.0. The lowest BCUT2D eigenvalue weighted by molar-refractivity contribution is -0.113. The Morgan fingerprint density at radius 3 is 2.62 bits per heavy atom. The van der Waals surface area contributed by atoms with E-state index in [-0.39, 0.29) is 16.9 Å². The van der Waals surface area contributed by atoms with Gasteiger partial charge in [-0.15, -0.1) is 0 Å². The van der Waals surface area contributed by atoms with Crippen LogP contribution < -0.4 is 9.64 Å². The maximum absolute atomic E-state index is 12.6. The average Bonchev–Trinajstić information content (AvgIpc) is 2.84. The molecule has 1 N–H and O–H groups in total. The van der Waals surface area contributed by atoms with Gasteiger partial charge < -0.3 is 9.84 Å². The lowest BCUT2D eigenvalue weighted by Crippen LogP contribution is -2.28. The molecule has 122 valence electrons. The Hall–Kier alpha value is -2.73. The van der Waals surface area contributed by atoms with Crippen molar-refractivity contribution in [1.82, 2.24) is 0 Å². The number of carbonyl (C=O) groups is 2. The van der Waals surface area contributed by atoms with Gasteiger partial charge in [0.1, 0.15) is 0 Å². The second-order valence-electron chi connectivity index (χ2n) is 5.23. The zero-order valence-electron chi connectivity index (χ0n) is 13.1. The number of hydrogen-bond donors (Lipinski definition) is 1. The normalized spacial score (nSPS) is 16.1. The number of aromatic hydroxyl groups is 1. The summed E-state index contributed by atoms with van der Waals surface area (Å²) in [5.74, 6) is -0.0316. The molecule has 0 spiro atoms. The smallest absolute Gasteiger partial charge is 0.298 e. The average molecular weight is 341 g/mol. The van der Waals surface area contributed by atoms with Gasteiger partial charge in [0, 0.05) is 0 Å². The fraction of sp³-hybridized carbons (Fsp3) is 0.111. The van der Waals surface area contributed by atoms with Crippen molar-refractivity contribution in [2.45, 2.75) is 6.92 Å². The van der Waals surface area contributed by atoms with E-state index in [1.165, 1.54) is 18.1 Å². The topological polar surface area (TPSA) is 66.8 Å². The zero-order chi connectivity index (χ0) is 17.3. The van der Waals surface area contributed by atoms with Gasteiger partial charge in [0.05, 0.1) is 17.7 Å². The van der Waals surface area contributed by atoms with E-state index in [2.05, 4.69) is 0 Å². The number of phenols is 1. The maximum Gasteiger partial charge on any atom is 0.298 e. The van der Waals surface area contributed by atoms with E-state index < -0.39 is 0 Å². The highest BCUT2D eigenvalue weighted by atomic mass is 32.2. The fourth-order valence-corrected chi connectivity index (χ4v) is 3.26. The summed E-state index contributed by atoms with van der Waals surface area (Å²) in [6.45, 7) is 1.85. The second-order valence-corrected chi connectivity index (χ2v) is 6.23. The third kappa shape index (κ3) is 2.88. The number of rotatable bonds is 3. The molecule has 2 aromatic rings. The van der Waals surface area contributed by atoms with Crippen LogP contribution in [-0.2, 0) is 4.79 Å². The Labute approximate surface area is 143 Å². The van der Waals surface area contributed by atoms with E-state index in [1.54, 1.807) is 30.3 Å². The Morgan fingerprint density at radius 1 is 1.17 bits per heavy atom. The standard InChI is InChI=1S/C18H15NO4S/c1-11-5-3-4-6-13(11)19-17(21)16(24-18(19)22)10-12-7-8-14(20)15(9-12)23-2/h3-10,20H,1-2H3/b16-10-. The number of phenolic OH excluding ortho intramolecular Hbond substituents is 1. The maximum atomic E-state index is 12.6. The van der Waals surface area contributed by atoms with Crippen LogP contribution >= 0.6 is 11.8 Å². The minimum atomic E-state index is -0.355. The molecular formula is C18H15NO4S. The lowest BCUT2D eigenvalue weighted by Gasteiger charge is -2.14. The van der Waals surface area contributed by atoms with Crippen LogP contribution in [0.15, 0.2) is 47.4 Å². The molecule has 0 unspecified atom stereocenters. The van der Waals surface area contributed by atoms with Crippen LogP contribution in [0.4, 0.5) is 10.5 Å². The van der Waals surface area contributed by atoms with Crippen molar-refractivity contribution < 1.29 is 19.4 Å². The highest BCUT2D eigenvalue weighted by molar-refractivity contribution is 8.19. The number of anilines is 1. The molecule has 0 bridgehead atoms. The van der Waals surface area contributed by atoms with E-state index in [0.29, 0.717) is 21.9 Å². The van der Waals surface area contributed by atoms with Gasteiger partial charge in [-0.1, -0.05) is 24.3 Å². The number of methoxy groups -OCH3 is 1. The molecule has 0 radical (unpaired) electrons. The number of nitrogens with zero attached hydrogens (tertiary/aromatic N) is 1. The van der Waals surface area contributed by atoms with Crippen LogP contribution in [0.25, 0.3) is 6.08 Å². The van der Waals surface area contributed by atoms with Crippen LogP contribution in [0.5, 0.6) is 11.5 Å². The van der Waals surface area contributed by atoms with Gasteiger partial charge in [-0.3, -0.25) is 9.59 Å². The molecule has 6 heteroatoms. The summed E-state index contributed by atoms with van der Waals surface area (Å²) in [5.41, 5.74) is 2.11. The second kappa shape index (κ2) is 6.41. The Balaban J connectivity index is 1.96. The molecule has 0 atom stereocenters. The summed E-state index contributed by atoms with van der Waals surface area (Å²) < 4.78 is 5.06. The first-order chi connectivity index (χ1) is 11.5. The van der Waals surface area contributed by atoms with E-state index in [9.17, 15) is 14.7 Å². The number of ether oxygens (including phenoxy) is 1. The van der Waals surface area contributed by atoms with Gasteiger partial charge in [0.25, 0.3) is 11.1 Å². The molecule has 1 heterocycles. The minimum Gasteiger partial charge on any atom is -0.504 e. The Bertz CT molecular complexity index is 860. The van der Waals surface area contributed by atoms with Gasteiger partial charge in [-0.2, -0.15) is 0 Å². The molecule has 1 aliphatic rings. The number of benzene rings is 2. The fourth-order valence-electron chi connectivity index (χ4n) is 2.43. The summed E-state index contributed by atoms with van der Waals surface area (Å²) >= 11 is 0.893. The third-order valence-corrected chi connectivity index (χ3v) is 4.52. The number of thioether (sulfide) groups is 1. The molecule has 3 rings (SSSR count). The van der Waals surface area contributed by atoms with Gasteiger partial charge in [-0.05, 0) is 54.1 Å². The quantitative estimate of drug-likeness (QED) is 0.856. The third-order valence-electron chi connectivity index (χ3n) is 3.65. The monoisotopic (exact) mass is 341 g/mol. The molecule has 5 nitrogen and oxygen atoms in total. The highest BCUT2D eigenvalue weighted by Crippen LogP contribution is 2.37. The van der Waals surface area contributed by atoms with E-state index in [1.807, 2.05) is 19.1 Å². The van der Waals surface area contributed by atoms with Crippen molar-refractivity contribution in [1.29, 1.82) is 0 Å². The molecule has 2 aromatic carbocycles. The molecule has 0 aromatic heterocycles. The Kier molecular flexibility index (Phi) is 4.31. The minimum absolute atomic E-state index is 0.0164. The summed E-state index contributed by atoms with van der Waals surface area (Å²) in [7, 11) is 1.45. The van der Waals surface area contributed by atoms with Gasteiger partial charge in [-0.25, -0.2) is 4.90 Å². The number of para-hydroxylation sites is 1. The first-order valence-electron chi connectivity index (χ1n) is 7.22. The van der Waals surface area contributed by atoms with Crippen molar-refractivity contribution in [3.8, 4) is 11.5 Å². The summed E-state index contributed by atoms with van der Waals surface area (Å²) in [6.07, 6.45) is 1.62. The number of hydrogen-bond acceptors (Lipinski definition) is 5. The van der Waals surface area contributed by atoms with E-state index >= 15 is 0 Å². The van der Waals surface area contributed by atoms with Crippen molar-refractivity contribution in [2.24, 2.45) is 0 Å². The molecule has 0 aliphatic carbocycles. The van der Waals surface area contributed by atoms with Crippen LogP contribution in [0.1, 0.15) is 11.1 Å². The van der Waals surface area contributed by atoms with Crippen LogP contribution in [0.3, 0.4) is 0 Å². The predicted molar refractivity (Wildman–Crippen MR) is 94.3 cm³/mol. The molecule has 1 fully saturated rings. The van der Waals surface area contributed by atoms with Crippen molar-refractivity contribution in [2.75, 3.05) is 12.0 Å². The van der Waals surface area contributed by atoms with Gasteiger partial charge >= 0.3 is 0 Å². The Morgan fingerprint density at radius 2 is 1.92 bits per heavy atom. The molecular weight excluding hydrogens is 326 g/mol. The first-order valence-corrected chi connectivity index (χ1v) is 8.03. The van der Waals surface area contributed by atoms with E-state index in [4.69, 9.17) is 4.74 Å². The number of carbonyl (C=O) groups excluding carboxylic acids is 2. The number of aryl methyl sites for hydroxylation is 1. The first kappa shape index (κ1) is 16.1. The lowest BCUT2D eigenvalue weighted by atomic mass is 10.1. The van der Waals surface area contributed by atoms with Crippen molar-refractivity contribution in [3.05, 3.63) is 58.5 Å². The van der Waals surface area contributed by atoms with Crippen molar-refractivity contribution in [3.63, 3.8) is 0 Å². The SMILES string of the molecule is COc1cc(/C=C2\SC(=O)N(c3ccccc3C)C2=O)ccc1O. The summed E-state index contributed by atoms with van der Waals surface area (Å²) in [4.78, 5) is 26.4. The predicted octanol–water partition coefficient (Wildman–Crippen LogP) is 3.95. The molecule has 1 saturated heterocycles. The van der Waals surface area contributed by atoms with Crippen LogP contribution in [-0.4, -0.2) is 23.4 Å². The van der Waals surface area contributed by atoms with Gasteiger partial charge in [0.15, 0.2) is 11.5 Å². The molecule has 0 saturated carbocycles. The largest absolute Gasteiger partial charge is 0.504 e. The molecule has 2 amide bonds. The molecule has 24 heavy (non-hydrogen) atoms. The van der Waals surface area contributed by atoms with E-state index in [0.717, 1.165) is 17.3 Å². The van der Waals surface area contributed by atoms with Crippen LogP contribution in [0, 0.1) is 6.92 Å². The number of amides is 2. The molecule has 1 aliphatic heterocycles. The summed E-state index contributed by atoms with van der Waals surface area (Å²) in [5, 5.41) is 9.30. The van der Waals surface area contributed by atoms with Crippen molar-refractivity contribution >= 4 is 34.7 Å². The van der Waals surface area contributed by atoms with Crippen LogP contribution in [0.2, 0.25) is 0 Å². The zero-order valence-corrected chi connectivity index (χ0v) is 14.0. The highest BCUT2D eigenvalue weighted by Gasteiger charge is 2.36.